The number of nitrogens with zero attached hydrogens (tertiary/aromatic N) is 2. The first kappa shape index (κ1) is 17.6. The Labute approximate surface area is 151 Å². The molecule has 0 saturated heterocycles. The van der Waals surface area contributed by atoms with E-state index in [4.69, 9.17) is 26.3 Å². The first-order chi connectivity index (χ1) is 12.2. The van der Waals surface area contributed by atoms with Gasteiger partial charge in [-0.1, -0.05) is 29.8 Å². The molecule has 0 aliphatic heterocycles. The summed E-state index contributed by atoms with van der Waals surface area (Å²) in [4.78, 5) is 10.4. The molecule has 132 valence electrons. The zero-order chi connectivity index (χ0) is 17.6. The zero-order valence-corrected chi connectivity index (χ0v) is 14.9. The van der Waals surface area contributed by atoms with Gasteiger partial charge in [0.05, 0.1) is 17.1 Å². The molecule has 0 amide bonds. The van der Waals surface area contributed by atoms with Gasteiger partial charge in [0.25, 0.3) is 0 Å². The molecule has 0 aliphatic carbocycles. The molecule has 25 heavy (non-hydrogen) atoms. The maximum absolute atomic E-state index is 8.79. The maximum Gasteiger partial charge on any atom is 0.143 e. The molecular formula is C19H21ClN2O3. The summed E-state index contributed by atoms with van der Waals surface area (Å²) >= 11 is 6.25. The van der Waals surface area contributed by atoms with Crippen molar-refractivity contribution in [2.24, 2.45) is 0 Å². The van der Waals surface area contributed by atoms with Crippen molar-refractivity contribution in [2.45, 2.75) is 19.8 Å². The van der Waals surface area contributed by atoms with Crippen molar-refractivity contribution in [1.82, 2.24) is 9.71 Å². The van der Waals surface area contributed by atoms with E-state index in [0.29, 0.717) is 30.4 Å². The fraction of sp³-hybridized carbons (Fsp3) is 0.316. The van der Waals surface area contributed by atoms with Gasteiger partial charge in [-0.2, -0.15) is 4.73 Å². The standard InChI is InChI=1S/C19H21ClN2O3/c1-14-21-17-5-2-3-6-18(17)22(14)25-12-9-15-7-8-19(16(20)13-15)24-11-4-10-23/h2-3,5-8,13,23H,4,9-12H2,1H3. The second-order valence-corrected chi connectivity index (χ2v) is 6.12. The summed E-state index contributed by atoms with van der Waals surface area (Å²) in [5.74, 6) is 1.46. The number of halogens is 1. The molecule has 0 bridgehead atoms. The number of benzene rings is 2. The van der Waals surface area contributed by atoms with Gasteiger partial charge in [0, 0.05) is 19.4 Å². The van der Waals surface area contributed by atoms with Crippen LogP contribution in [0.1, 0.15) is 17.8 Å². The number of aryl methyl sites for hydroxylation is 1. The van der Waals surface area contributed by atoms with Gasteiger partial charge in [-0.25, -0.2) is 4.98 Å². The van der Waals surface area contributed by atoms with E-state index in [9.17, 15) is 0 Å². The molecule has 3 aromatic rings. The molecule has 1 aromatic heterocycles. The molecule has 0 radical (unpaired) electrons. The van der Waals surface area contributed by atoms with Gasteiger partial charge in [-0.05, 0) is 36.8 Å². The maximum atomic E-state index is 8.79. The Morgan fingerprint density at radius 1 is 1.16 bits per heavy atom. The summed E-state index contributed by atoms with van der Waals surface area (Å²) in [7, 11) is 0. The molecule has 2 aromatic carbocycles. The van der Waals surface area contributed by atoms with Crippen molar-refractivity contribution in [1.29, 1.82) is 0 Å². The number of para-hydroxylation sites is 2. The van der Waals surface area contributed by atoms with Gasteiger partial charge in [-0.15, -0.1) is 0 Å². The predicted molar refractivity (Wildman–Crippen MR) is 98.3 cm³/mol. The number of hydrogen-bond donors (Lipinski definition) is 1. The first-order valence-corrected chi connectivity index (χ1v) is 8.66. The van der Waals surface area contributed by atoms with Gasteiger partial charge in [0.15, 0.2) is 0 Å². The predicted octanol–water partition coefficient (Wildman–Crippen LogP) is 3.43. The van der Waals surface area contributed by atoms with E-state index in [2.05, 4.69) is 4.98 Å². The van der Waals surface area contributed by atoms with Crippen molar-refractivity contribution in [3.63, 3.8) is 0 Å². The lowest BCUT2D eigenvalue weighted by atomic mass is 10.1. The largest absolute Gasteiger partial charge is 0.492 e. The molecule has 6 heteroatoms. The number of aliphatic hydroxyl groups is 1. The van der Waals surface area contributed by atoms with Crippen molar-refractivity contribution < 1.29 is 14.7 Å². The Morgan fingerprint density at radius 3 is 2.80 bits per heavy atom. The van der Waals surface area contributed by atoms with Crippen LogP contribution in [-0.2, 0) is 6.42 Å². The summed E-state index contributed by atoms with van der Waals surface area (Å²) in [6.07, 6.45) is 1.31. The highest BCUT2D eigenvalue weighted by Gasteiger charge is 2.08. The zero-order valence-electron chi connectivity index (χ0n) is 14.1. The number of hydrogen-bond acceptors (Lipinski definition) is 4. The van der Waals surface area contributed by atoms with Gasteiger partial charge in [0.2, 0.25) is 0 Å². The summed E-state index contributed by atoms with van der Waals surface area (Å²) in [6.45, 7) is 3.00. The van der Waals surface area contributed by atoms with Gasteiger partial charge < -0.3 is 14.7 Å². The van der Waals surface area contributed by atoms with Crippen LogP contribution in [0.5, 0.6) is 5.75 Å². The average molecular weight is 361 g/mol. The highest BCUT2D eigenvalue weighted by Crippen LogP contribution is 2.25. The SMILES string of the molecule is Cc1nc2ccccc2n1OCCc1ccc(OCCCO)c(Cl)c1. The van der Waals surface area contributed by atoms with Gasteiger partial charge in [-0.3, -0.25) is 0 Å². The summed E-state index contributed by atoms with van der Waals surface area (Å²) in [5.41, 5.74) is 2.96. The minimum absolute atomic E-state index is 0.107. The Kier molecular flexibility index (Phi) is 5.79. The van der Waals surface area contributed by atoms with Crippen LogP contribution in [0.3, 0.4) is 0 Å². The number of imidazole rings is 1. The van der Waals surface area contributed by atoms with E-state index in [-0.39, 0.29) is 6.61 Å². The molecule has 5 nitrogen and oxygen atoms in total. The van der Waals surface area contributed by atoms with Crippen LogP contribution in [0, 0.1) is 6.92 Å². The van der Waals surface area contributed by atoms with Crippen LogP contribution >= 0.6 is 11.6 Å². The average Bonchev–Trinajstić information content (AvgIpc) is 2.93. The summed E-state index contributed by atoms with van der Waals surface area (Å²) < 4.78 is 7.29. The molecule has 0 atom stereocenters. The van der Waals surface area contributed by atoms with E-state index in [1.54, 1.807) is 4.73 Å². The van der Waals surface area contributed by atoms with Crippen LogP contribution in [0.4, 0.5) is 0 Å². The molecule has 1 N–H and O–H groups in total. The highest BCUT2D eigenvalue weighted by molar-refractivity contribution is 6.32. The van der Waals surface area contributed by atoms with Crippen molar-refractivity contribution >= 4 is 22.6 Å². The smallest absolute Gasteiger partial charge is 0.143 e. The van der Waals surface area contributed by atoms with Crippen LogP contribution in [0.25, 0.3) is 11.0 Å². The van der Waals surface area contributed by atoms with E-state index in [1.165, 1.54) is 0 Å². The molecule has 0 saturated carbocycles. The minimum atomic E-state index is 0.107. The fourth-order valence-corrected chi connectivity index (χ4v) is 2.86. The topological polar surface area (TPSA) is 56.5 Å². The summed E-state index contributed by atoms with van der Waals surface area (Å²) in [5, 5.41) is 9.35. The van der Waals surface area contributed by atoms with Crippen LogP contribution < -0.4 is 9.57 Å². The Balaban J connectivity index is 1.60. The third-order valence-electron chi connectivity index (χ3n) is 3.84. The highest BCUT2D eigenvalue weighted by atomic mass is 35.5. The fourth-order valence-electron chi connectivity index (χ4n) is 2.61. The lowest BCUT2D eigenvalue weighted by Gasteiger charge is -2.11. The second kappa shape index (κ2) is 8.23. The lowest BCUT2D eigenvalue weighted by Crippen LogP contribution is -2.15. The van der Waals surface area contributed by atoms with Crippen molar-refractivity contribution in [2.75, 3.05) is 19.8 Å². The molecule has 0 aliphatic rings. The van der Waals surface area contributed by atoms with Crippen LogP contribution in [-0.4, -0.2) is 34.6 Å². The number of ether oxygens (including phenoxy) is 1. The number of fused-ring (bicyclic) bond motifs is 1. The first-order valence-electron chi connectivity index (χ1n) is 8.28. The van der Waals surface area contributed by atoms with Crippen molar-refractivity contribution in [3.05, 3.63) is 58.9 Å². The van der Waals surface area contributed by atoms with E-state index < -0.39 is 0 Å². The second-order valence-electron chi connectivity index (χ2n) is 5.72. The Bertz CT molecular complexity index is 848. The van der Waals surface area contributed by atoms with Crippen LogP contribution in [0.2, 0.25) is 5.02 Å². The minimum Gasteiger partial charge on any atom is -0.492 e. The van der Waals surface area contributed by atoms with E-state index in [0.717, 1.165) is 28.8 Å². The third-order valence-corrected chi connectivity index (χ3v) is 4.14. The normalized spacial score (nSPS) is 11.0. The van der Waals surface area contributed by atoms with Gasteiger partial charge in [0.1, 0.15) is 23.7 Å². The Morgan fingerprint density at radius 2 is 2.00 bits per heavy atom. The molecule has 1 heterocycles. The number of aliphatic hydroxyl groups excluding tert-OH is 1. The molecular weight excluding hydrogens is 340 g/mol. The monoisotopic (exact) mass is 360 g/mol. The van der Waals surface area contributed by atoms with Gasteiger partial charge >= 0.3 is 0 Å². The Hall–Kier alpha value is -2.24. The molecule has 0 fully saturated rings. The van der Waals surface area contributed by atoms with E-state index >= 15 is 0 Å². The summed E-state index contributed by atoms with van der Waals surface area (Å²) in [6, 6.07) is 13.6. The molecule has 0 spiro atoms. The van der Waals surface area contributed by atoms with E-state index in [1.807, 2.05) is 49.4 Å². The van der Waals surface area contributed by atoms with Crippen molar-refractivity contribution in [3.8, 4) is 5.75 Å². The quantitative estimate of drug-likeness (QED) is 0.625. The molecule has 3 rings (SSSR count). The van der Waals surface area contributed by atoms with Crippen LogP contribution in [0.15, 0.2) is 42.5 Å². The lowest BCUT2D eigenvalue weighted by molar-refractivity contribution is 0.117. The molecule has 0 unspecified atom stereocenters. The third kappa shape index (κ3) is 4.24. The number of rotatable bonds is 8. The number of aromatic nitrogens is 2.